The Morgan fingerprint density at radius 3 is 2.12 bits per heavy atom. The van der Waals surface area contributed by atoms with Gasteiger partial charge in [-0.1, -0.05) is 12.1 Å². The third-order valence-electron chi connectivity index (χ3n) is 3.54. The van der Waals surface area contributed by atoms with E-state index in [1.807, 2.05) is 12.1 Å². The van der Waals surface area contributed by atoms with Crippen molar-refractivity contribution in [3.8, 4) is 0 Å². The van der Waals surface area contributed by atoms with Crippen LogP contribution in [0.2, 0.25) is 0 Å². The Hall–Kier alpha value is -3.55. The summed E-state index contributed by atoms with van der Waals surface area (Å²) in [4.78, 5) is 40.1. The van der Waals surface area contributed by atoms with Crippen molar-refractivity contribution in [2.45, 2.75) is 13.1 Å². The van der Waals surface area contributed by atoms with Crippen molar-refractivity contribution in [3.05, 3.63) is 77.9 Å². The van der Waals surface area contributed by atoms with Gasteiger partial charge in [0.1, 0.15) is 0 Å². The van der Waals surface area contributed by atoms with Crippen LogP contribution in [-0.2, 0) is 13.1 Å². The molecule has 3 aromatic heterocycles. The number of carbonyl (C=O) groups is 2. The fourth-order valence-corrected chi connectivity index (χ4v) is 2.39. The molecule has 0 aliphatic heterocycles. The number of imidazole rings is 1. The zero-order valence-electron chi connectivity index (χ0n) is 13.2. The first-order valence-corrected chi connectivity index (χ1v) is 7.49. The number of H-pyrrole nitrogens is 1. The van der Waals surface area contributed by atoms with Crippen molar-refractivity contribution >= 4 is 11.9 Å². The van der Waals surface area contributed by atoms with Crippen molar-refractivity contribution in [1.29, 1.82) is 0 Å². The van der Waals surface area contributed by atoms with E-state index in [-0.39, 0.29) is 24.5 Å². The van der Waals surface area contributed by atoms with Crippen LogP contribution in [0.1, 0.15) is 32.1 Å². The summed E-state index contributed by atoms with van der Waals surface area (Å²) in [5.74, 6) is -1.71. The minimum atomic E-state index is -1.23. The zero-order chi connectivity index (χ0) is 17.6. The smallest absolute Gasteiger partial charge is 0.354 e. The fourth-order valence-electron chi connectivity index (χ4n) is 2.39. The summed E-state index contributed by atoms with van der Waals surface area (Å²) in [5, 5.41) is 9.20. The summed E-state index contributed by atoms with van der Waals surface area (Å²) in [6.07, 6.45) is 7.81. The van der Waals surface area contributed by atoms with Crippen molar-refractivity contribution in [1.82, 2.24) is 24.8 Å². The van der Waals surface area contributed by atoms with Crippen molar-refractivity contribution in [2.24, 2.45) is 0 Å². The number of hydrogen-bond acceptors (Lipinski definition) is 5. The zero-order valence-corrected chi connectivity index (χ0v) is 13.2. The molecule has 0 radical (unpaired) electrons. The van der Waals surface area contributed by atoms with E-state index in [1.165, 1.54) is 11.2 Å². The van der Waals surface area contributed by atoms with Crippen LogP contribution in [0, 0.1) is 0 Å². The minimum absolute atomic E-state index is 0.125. The number of amides is 1. The van der Waals surface area contributed by atoms with Gasteiger partial charge < -0.3 is 15.0 Å². The average Bonchev–Trinajstić information content (AvgIpc) is 3.12. The van der Waals surface area contributed by atoms with Gasteiger partial charge in [-0.25, -0.2) is 9.78 Å². The molecule has 8 heteroatoms. The maximum absolute atomic E-state index is 12.9. The molecule has 0 aliphatic rings. The lowest BCUT2D eigenvalue weighted by atomic mass is 10.2. The Kier molecular flexibility index (Phi) is 4.79. The maximum Gasteiger partial charge on any atom is 0.354 e. The van der Waals surface area contributed by atoms with Crippen LogP contribution in [0.3, 0.4) is 0 Å². The molecule has 25 heavy (non-hydrogen) atoms. The Morgan fingerprint density at radius 1 is 1.04 bits per heavy atom. The number of rotatable bonds is 6. The molecular weight excluding hydrogens is 322 g/mol. The topological polar surface area (TPSA) is 112 Å². The second kappa shape index (κ2) is 7.35. The van der Waals surface area contributed by atoms with E-state index in [4.69, 9.17) is 0 Å². The molecule has 0 spiro atoms. The largest absolute Gasteiger partial charge is 0.477 e. The van der Waals surface area contributed by atoms with Gasteiger partial charge in [-0.2, -0.15) is 0 Å². The number of carboxylic acids is 1. The molecule has 0 bridgehead atoms. The molecule has 0 fully saturated rings. The quantitative estimate of drug-likeness (QED) is 0.708. The van der Waals surface area contributed by atoms with E-state index in [1.54, 1.807) is 36.9 Å². The van der Waals surface area contributed by atoms with E-state index in [9.17, 15) is 14.7 Å². The highest BCUT2D eigenvalue weighted by atomic mass is 16.4. The highest BCUT2D eigenvalue weighted by Gasteiger charge is 2.25. The molecule has 8 nitrogen and oxygen atoms in total. The summed E-state index contributed by atoms with van der Waals surface area (Å²) in [7, 11) is 0. The first-order valence-electron chi connectivity index (χ1n) is 7.49. The van der Waals surface area contributed by atoms with Gasteiger partial charge in [0.25, 0.3) is 5.91 Å². The normalized spacial score (nSPS) is 10.4. The van der Waals surface area contributed by atoms with Gasteiger partial charge in [-0.3, -0.25) is 14.8 Å². The van der Waals surface area contributed by atoms with Crippen LogP contribution < -0.4 is 0 Å². The Labute approximate surface area is 143 Å². The number of aromatic amines is 1. The van der Waals surface area contributed by atoms with Crippen molar-refractivity contribution in [2.75, 3.05) is 0 Å². The highest BCUT2D eigenvalue weighted by molar-refractivity contribution is 6.02. The van der Waals surface area contributed by atoms with E-state index < -0.39 is 11.9 Å². The van der Waals surface area contributed by atoms with E-state index >= 15 is 0 Å². The third kappa shape index (κ3) is 3.86. The number of aromatic nitrogens is 4. The number of nitrogens with zero attached hydrogens (tertiary/aromatic N) is 4. The van der Waals surface area contributed by atoms with Crippen LogP contribution in [-0.4, -0.2) is 41.8 Å². The number of carbonyl (C=O) groups excluding carboxylic acids is 1. The Morgan fingerprint density at radius 2 is 1.64 bits per heavy atom. The molecule has 0 saturated carbocycles. The molecule has 0 unspecified atom stereocenters. The molecule has 0 aromatic carbocycles. The van der Waals surface area contributed by atoms with Crippen molar-refractivity contribution < 1.29 is 14.7 Å². The van der Waals surface area contributed by atoms with Gasteiger partial charge in [0.15, 0.2) is 11.4 Å². The number of pyridine rings is 2. The van der Waals surface area contributed by atoms with Crippen LogP contribution in [0.15, 0.2) is 55.4 Å². The second-order valence-electron chi connectivity index (χ2n) is 5.32. The van der Waals surface area contributed by atoms with Gasteiger partial charge in [0, 0.05) is 37.9 Å². The van der Waals surface area contributed by atoms with Gasteiger partial charge in [-0.15, -0.1) is 0 Å². The van der Waals surface area contributed by atoms with Crippen LogP contribution in [0.25, 0.3) is 0 Å². The first-order chi connectivity index (χ1) is 12.1. The second-order valence-corrected chi connectivity index (χ2v) is 5.32. The van der Waals surface area contributed by atoms with Crippen LogP contribution in [0.5, 0.6) is 0 Å². The number of nitrogens with one attached hydrogen (secondary N) is 1. The molecule has 1 amide bonds. The molecule has 0 saturated heterocycles. The summed E-state index contributed by atoms with van der Waals surface area (Å²) in [5.41, 5.74) is 1.30. The molecule has 2 N–H and O–H groups in total. The molecule has 126 valence electrons. The fraction of sp³-hybridized carbons (Fsp3) is 0.118. The van der Waals surface area contributed by atoms with E-state index in [0.717, 1.165) is 11.1 Å². The summed E-state index contributed by atoms with van der Waals surface area (Å²) in [6, 6.07) is 7.25. The molecule has 3 heterocycles. The lowest BCUT2D eigenvalue weighted by Crippen LogP contribution is -2.31. The highest BCUT2D eigenvalue weighted by Crippen LogP contribution is 2.14. The number of carboxylic acid groups (broad SMARTS) is 1. The maximum atomic E-state index is 12.9. The predicted molar refractivity (Wildman–Crippen MR) is 87.6 cm³/mol. The van der Waals surface area contributed by atoms with Gasteiger partial charge in [0.2, 0.25) is 0 Å². The van der Waals surface area contributed by atoms with Crippen LogP contribution >= 0.6 is 0 Å². The van der Waals surface area contributed by atoms with Crippen LogP contribution in [0.4, 0.5) is 0 Å². The third-order valence-corrected chi connectivity index (χ3v) is 3.54. The Balaban J connectivity index is 1.90. The van der Waals surface area contributed by atoms with Gasteiger partial charge >= 0.3 is 5.97 Å². The number of aromatic carboxylic acids is 1. The molecule has 3 rings (SSSR count). The number of hydrogen-bond donors (Lipinski definition) is 2. The summed E-state index contributed by atoms with van der Waals surface area (Å²) >= 11 is 0. The lowest BCUT2D eigenvalue weighted by Gasteiger charge is -2.22. The lowest BCUT2D eigenvalue weighted by molar-refractivity contribution is 0.0661. The summed E-state index contributed by atoms with van der Waals surface area (Å²) in [6.45, 7) is 0.543. The molecule has 3 aromatic rings. The predicted octanol–water partition coefficient (Wildman–Crippen LogP) is 1.74. The molecule has 0 aliphatic carbocycles. The Bertz CT molecular complexity index is 823. The van der Waals surface area contributed by atoms with Gasteiger partial charge in [-0.05, 0) is 23.3 Å². The van der Waals surface area contributed by atoms with Gasteiger partial charge in [0.05, 0.1) is 6.33 Å². The standard InChI is InChI=1S/C17H15N5O3/c23-16(14-15(17(24)25)21-11-20-14)22(9-12-3-1-5-18-7-12)10-13-4-2-6-19-8-13/h1-8,11H,9-10H2,(H,20,21)(H,24,25). The monoisotopic (exact) mass is 337 g/mol. The minimum Gasteiger partial charge on any atom is -0.477 e. The molecule has 0 atom stereocenters. The molecular formula is C17H15N5O3. The summed E-state index contributed by atoms with van der Waals surface area (Å²) < 4.78 is 0. The average molecular weight is 337 g/mol. The van der Waals surface area contributed by atoms with Crippen molar-refractivity contribution in [3.63, 3.8) is 0 Å². The first kappa shape index (κ1) is 16.3. The van der Waals surface area contributed by atoms with E-state index in [0.29, 0.717) is 0 Å². The van der Waals surface area contributed by atoms with E-state index in [2.05, 4.69) is 19.9 Å². The SMILES string of the molecule is O=C(O)c1[nH]cnc1C(=O)N(Cc1cccnc1)Cc1cccnc1.